The number of nitrogens with zero attached hydrogens (tertiary/aromatic N) is 1. The van der Waals surface area contributed by atoms with E-state index in [1.165, 1.54) is 0 Å². The van der Waals surface area contributed by atoms with E-state index in [-0.39, 0.29) is 5.06 Å². The van der Waals surface area contributed by atoms with Crippen molar-refractivity contribution in [3.05, 3.63) is 35.3 Å². The van der Waals surface area contributed by atoms with Gasteiger partial charge in [0.05, 0.1) is 19.7 Å². The fourth-order valence-corrected chi connectivity index (χ4v) is 1.28. The summed E-state index contributed by atoms with van der Waals surface area (Å²) in [5.74, 6) is 0. The molecular formula is C10H16N2O2. The molecule has 1 aromatic heterocycles. The summed E-state index contributed by atoms with van der Waals surface area (Å²) in [5, 5.41) is 20.5. The molecule has 0 amide bonds. The van der Waals surface area contributed by atoms with Gasteiger partial charge in [-0.25, -0.2) is 0 Å². The third-order valence-corrected chi connectivity index (χ3v) is 2.08. The van der Waals surface area contributed by atoms with Crippen LogP contribution in [0.3, 0.4) is 0 Å². The molecule has 0 aromatic carbocycles. The van der Waals surface area contributed by atoms with Gasteiger partial charge < -0.3 is 15.4 Å². The Morgan fingerprint density at radius 2 is 2.43 bits per heavy atom. The number of rotatable bonds is 5. The van der Waals surface area contributed by atoms with Crippen molar-refractivity contribution in [1.82, 2.24) is 4.98 Å². The molecule has 0 spiro atoms. The molecule has 0 saturated heterocycles. The molecule has 1 aromatic rings. The summed E-state index contributed by atoms with van der Waals surface area (Å²) in [5.41, 5.74) is 0.816. The van der Waals surface area contributed by atoms with E-state index in [4.69, 9.17) is 0 Å². The Morgan fingerprint density at radius 1 is 1.64 bits per heavy atom. The zero-order valence-corrected chi connectivity index (χ0v) is 8.31. The first-order valence-corrected chi connectivity index (χ1v) is 4.77. The number of hydrogen-bond donors (Lipinski definition) is 2. The summed E-state index contributed by atoms with van der Waals surface area (Å²) in [4.78, 5) is 3.92. The molecule has 4 nitrogen and oxygen atoms in total. The quantitative estimate of drug-likeness (QED) is 0.647. The van der Waals surface area contributed by atoms with Crippen LogP contribution in [0, 0.1) is 5.21 Å². The molecule has 0 bridgehead atoms. The van der Waals surface area contributed by atoms with Crippen molar-refractivity contribution in [1.29, 1.82) is 0 Å². The van der Waals surface area contributed by atoms with Gasteiger partial charge >= 0.3 is 0 Å². The van der Waals surface area contributed by atoms with E-state index >= 15 is 0 Å². The van der Waals surface area contributed by atoms with E-state index in [2.05, 4.69) is 4.98 Å². The van der Waals surface area contributed by atoms with Crippen LogP contribution in [0.5, 0.6) is 0 Å². The van der Waals surface area contributed by atoms with Crippen LogP contribution in [-0.4, -0.2) is 23.7 Å². The summed E-state index contributed by atoms with van der Waals surface area (Å²) in [7, 11) is 1.57. The fraction of sp³-hybridized carbons (Fsp3) is 0.500. The highest BCUT2D eigenvalue weighted by Gasteiger charge is 2.06. The van der Waals surface area contributed by atoms with E-state index in [0.29, 0.717) is 13.0 Å². The summed E-state index contributed by atoms with van der Waals surface area (Å²) >= 11 is 0. The lowest BCUT2D eigenvalue weighted by Crippen LogP contribution is -3.03. The molecule has 0 radical (unpaired) electrons. The number of quaternary nitrogens is 1. The van der Waals surface area contributed by atoms with Crippen LogP contribution in [0.15, 0.2) is 24.5 Å². The maximum absolute atomic E-state index is 10.7. The third kappa shape index (κ3) is 3.83. The number of aromatic nitrogens is 1. The number of hydroxylamine groups is 2. The molecule has 1 rings (SSSR count). The lowest BCUT2D eigenvalue weighted by Gasteiger charge is -2.17. The van der Waals surface area contributed by atoms with Crippen molar-refractivity contribution < 1.29 is 10.2 Å². The van der Waals surface area contributed by atoms with Crippen LogP contribution in [0.4, 0.5) is 0 Å². The smallest absolute Gasteiger partial charge is 0.0807 e. The van der Waals surface area contributed by atoms with E-state index in [1.54, 1.807) is 25.5 Å². The van der Waals surface area contributed by atoms with Crippen molar-refractivity contribution in [3.63, 3.8) is 0 Å². The molecule has 0 aliphatic carbocycles. The Bertz CT molecular complexity index is 252. The predicted octanol–water partition coefficient (Wildman–Crippen LogP) is -0.0923. The van der Waals surface area contributed by atoms with Crippen molar-refractivity contribution in [2.24, 2.45) is 0 Å². The number of nitrogens with one attached hydrogen (secondary N) is 1. The zero-order valence-electron chi connectivity index (χ0n) is 8.31. The number of pyridine rings is 1. The van der Waals surface area contributed by atoms with Crippen LogP contribution in [0.2, 0.25) is 0 Å². The molecule has 4 heteroatoms. The van der Waals surface area contributed by atoms with Gasteiger partial charge in [0.15, 0.2) is 0 Å². The molecule has 0 fully saturated rings. The Hall–Kier alpha value is -0.970. The molecule has 2 unspecified atom stereocenters. The Balaban J connectivity index is 2.32. The van der Waals surface area contributed by atoms with Crippen molar-refractivity contribution in [2.75, 3.05) is 13.6 Å². The predicted molar refractivity (Wildman–Crippen MR) is 53.6 cm³/mol. The molecule has 14 heavy (non-hydrogen) atoms. The normalized spacial score (nSPS) is 15.1. The molecule has 0 saturated carbocycles. The largest absolute Gasteiger partial charge is 0.634 e. The molecule has 2 N–H and O–H groups in total. The van der Waals surface area contributed by atoms with Crippen molar-refractivity contribution >= 4 is 0 Å². The van der Waals surface area contributed by atoms with Gasteiger partial charge in [-0.2, -0.15) is 0 Å². The Kier molecular flexibility index (Phi) is 4.52. The van der Waals surface area contributed by atoms with E-state index in [0.717, 1.165) is 12.0 Å². The molecule has 2 atom stereocenters. The van der Waals surface area contributed by atoms with E-state index < -0.39 is 6.10 Å². The summed E-state index contributed by atoms with van der Waals surface area (Å²) in [6, 6.07) is 3.63. The number of aliphatic hydroxyl groups is 1. The maximum atomic E-state index is 10.7. The van der Waals surface area contributed by atoms with Crippen LogP contribution >= 0.6 is 0 Å². The first-order valence-electron chi connectivity index (χ1n) is 4.77. The minimum absolute atomic E-state index is 0.170. The maximum Gasteiger partial charge on any atom is 0.0807 e. The van der Waals surface area contributed by atoms with E-state index in [1.807, 2.05) is 6.07 Å². The molecule has 78 valence electrons. The second-order valence-electron chi connectivity index (χ2n) is 3.40. The van der Waals surface area contributed by atoms with Crippen molar-refractivity contribution in [3.8, 4) is 0 Å². The highest BCUT2D eigenvalue weighted by molar-refractivity contribution is 5.11. The topological polar surface area (TPSA) is 60.6 Å². The second kappa shape index (κ2) is 5.70. The average Bonchev–Trinajstić information content (AvgIpc) is 2.18. The molecular weight excluding hydrogens is 180 g/mol. The van der Waals surface area contributed by atoms with E-state index in [9.17, 15) is 10.3 Å². The second-order valence-corrected chi connectivity index (χ2v) is 3.40. The van der Waals surface area contributed by atoms with Gasteiger partial charge in [0, 0.05) is 12.4 Å². The Labute approximate surface area is 83.8 Å². The lowest BCUT2D eigenvalue weighted by molar-refractivity contribution is -0.826. The van der Waals surface area contributed by atoms with Gasteiger partial charge in [-0.15, -0.1) is 0 Å². The van der Waals surface area contributed by atoms with Gasteiger partial charge in [-0.3, -0.25) is 4.98 Å². The van der Waals surface area contributed by atoms with Crippen LogP contribution in [0.1, 0.15) is 24.5 Å². The first-order chi connectivity index (χ1) is 6.70. The fourth-order valence-electron chi connectivity index (χ4n) is 1.28. The van der Waals surface area contributed by atoms with Gasteiger partial charge in [-0.1, -0.05) is 6.07 Å². The van der Waals surface area contributed by atoms with Gasteiger partial charge in [0.2, 0.25) is 0 Å². The lowest BCUT2D eigenvalue weighted by atomic mass is 10.1. The minimum atomic E-state index is -0.497. The van der Waals surface area contributed by atoms with Gasteiger partial charge in [-0.05, 0) is 24.5 Å². The van der Waals surface area contributed by atoms with Crippen molar-refractivity contribution in [2.45, 2.75) is 18.9 Å². The summed E-state index contributed by atoms with van der Waals surface area (Å²) in [6.45, 7) is 0.539. The third-order valence-electron chi connectivity index (χ3n) is 2.08. The number of hydrogen-bond acceptors (Lipinski definition) is 3. The molecule has 1 heterocycles. The molecule has 0 aliphatic heterocycles. The van der Waals surface area contributed by atoms with Gasteiger partial charge in [0.1, 0.15) is 0 Å². The van der Waals surface area contributed by atoms with Crippen LogP contribution < -0.4 is 5.06 Å². The van der Waals surface area contributed by atoms with Crippen LogP contribution in [0.25, 0.3) is 0 Å². The molecule has 0 aliphatic rings. The van der Waals surface area contributed by atoms with Gasteiger partial charge in [0.25, 0.3) is 0 Å². The summed E-state index contributed by atoms with van der Waals surface area (Å²) in [6.07, 6.45) is 4.17. The first kappa shape index (κ1) is 11.1. The SMILES string of the molecule is C[NH+]([O-])CCCC(O)c1cccnc1. The average molecular weight is 196 g/mol. The standard InChI is InChI=1S/C10H16N2O2/c1-12(14)7-3-5-10(13)9-4-2-6-11-8-9/h2,4,6,8,10,12-13H,3,5,7H2,1H3. The monoisotopic (exact) mass is 196 g/mol. The summed E-state index contributed by atoms with van der Waals surface area (Å²) < 4.78 is 0. The zero-order chi connectivity index (χ0) is 10.4. The van der Waals surface area contributed by atoms with Crippen LogP contribution in [-0.2, 0) is 0 Å². The highest BCUT2D eigenvalue weighted by atomic mass is 16.5. The Morgan fingerprint density at radius 3 is 3.00 bits per heavy atom. The number of aliphatic hydroxyl groups excluding tert-OH is 1. The minimum Gasteiger partial charge on any atom is -0.634 e. The highest BCUT2D eigenvalue weighted by Crippen LogP contribution is 2.15.